The first-order chi connectivity index (χ1) is 20.2. The first kappa shape index (κ1) is 24.6. The average molecular weight is 543 g/mol. The van der Waals surface area contributed by atoms with E-state index < -0.39 is 0 Å². The molecule has 0 aliphatic carbocycles. The predicted octanol–water partition coefficient (Wildman–Crippen LogP) is 6.61. The number of nitrogens with one attached hydrogen (secondary N) is 1. The first-order valence-corrected chi connectivity index (χ1v) is 13.2. The summed E-state index contributed by atoms with van der Waals surface area (Å²) in [6.45, 7) is 1.54. The maximum absolute atomic E-state index is 6.14. The summed E-state index contributed by atoms with van der Waals surface area (Å²) < 4.78 is 17.3. The van der Waals surface area contributed by atoms with Gasteiger partial charge in [-0.05, 0) is 36.4 Å². The van der Waals surface area contributed by atoms with E-state index in [2.05, 4.69) is 55.6 Å². The van der Waals surface area contributed by atoms with Gasteiger partial charge in [-0.15, -0.1) is 10.2 Å². The van der Waals surface area contributed by atoms with E-state index in [0.717, 1.165) is 45.7 Å². The molecule has 0 saturated carbocycles. The topological polar surface area (TPSA) is 94.5 Å². The monoisotopic (exact) mass is 542 g/mol. The highest BCUT2D eigenvalue weighted by Gasteiger charge is 2.18. The van der Waals surface area contributed by atoms with E-state index in [4.69, 9.17) is 14.2 Å². The van der Waals surface area contributed by atoms with Gasteiger partial charge in [0.1, 0.15) is 35.1 Å². The van der Waals surface area contributed by atoms with Gasteiger partial charge in [0, 0.05) is 47.4 Å². The fourth-order valence-corrected chi connectivity index (χ4v) is 4.97. The number of hydrogen-bond donors (Lipinski definition) is 1. The van der Waals surface area contributed by atoms with Gasteiger partial charge in [0.05, 0.1) is 31.1 Å². The molecule has 202 valence electrons. The van der Waals surface area contributed by atoms with Crippen LogP contribution in [-0.4, -0.2) is 47.5 Å². The molecule has 6 aromatic rings. The molecule has 0 fully saturated rings. The van der Waals surface area contributed by atoms with Gasteiger partial charge >= 0.3 is 0 Å². The van der Waals surface area contributed by atoms with Gasteiger partial charge in [-0.2, -0.15) is 0 Å². The zero-order chi connectivity index (χ0) is 27.8. The predicted molar refractivity (Wildman–Crippen MR) is 160 cm³/mol. The minimum Gasteiger partial charge on any atom is -0.495 e. The second-order valence-corrected chi connectivity index (χ2v) is 9.70. The Hall–Kier alpha value is -5.44. The summed E-state index contributed by atoms with van der Waals surface area (Å²) in [4.78, 5) is 11.0. The van der Waals surface area contributed by atoms with E-state index in [1.807, 2.05) is 54.6 Å². The number of benzene rings is 3. The maximum atomic E-state index is 6.14. The highest BCUT2D eigenvalue weighted by molar-refractivity contribution is 6.01. The smallest absolute Gasteiger partial charge is 0.161 e. The summed E-state index contributed by atoms with van der Waals surface area (Å²) >= 11 is 0. The van der Waals surface area contributed by atoms with Crippen LogP contribution in [0.1, 0.15) is 0 Å². The Labute approximate surface area is 236 Å². The Morgan fingerprint density at radius 2 is 1.73 bits per heavy atom. The van der Waals surface area contributed by atoms with Crippen LogP contribution in [0.4, 0.5) is 17.2 Å². The number of methoxy groups -OCH3 is 1. The summed E-state index contributed by atoms with van der Waals surface area (Å²) in [7, 11) is 3.68. The molecule has 0 bridgehead atoms. The quantitative estimate of drug-likeness (QED) is 0.249. The van der Waals surface area contributed by atoms with Crippen molar-refractivity contribution < 1.29 is 14.2 Å². The molecule has 1 aliphatic rings. The lowest BCUT2D eigenvalue weighted by atomic mass is 10.0. The molecule has 1 aliphatic heterocycles. The summed E-state index contributed by atoms with van der Waals surface area (Å²) in [6, 6.07) is 25.6. The van der Waals surface area contributed by atoms with Crippen molar-refractivity contribution in [1.82, 2.24) is 20.2 Å². The van der Waals surface area contributed by atoms with E-state index >= 15 is 0 Å². The molecule has 0 atom stereocenters. The van der Waals surface area contributed by atoms with Gasteiger partial charge < -0.3 is 24.4 Å². The number of fused-ring (bicyclic) bond motifs is 3. The fourth-order valence-electron chi connectivity index (χ4n) is 4.97. The number of rotatable bonds is 6. The highest BCUT2D eigenvalue weighted by Crippen LogP contribution is 2.38. The summed E-state index contributed by atoms with van der Waals surface area (Å²) in [5.74, 6) is 3.47. The molecule has 1 N–H and O–H groups in total. The van der Waals surface area contributed by atoms with Gasteiger partial charge in [0.25, 0.3) is 0 Å². The van der Waals surface area contributed by atoms with Crippen LogP contribution in [-0.2, 0) is 0 Å². The van der Waals surface area contributed by atoms with Gasteiger partial charge in [0.2, 0.25) is 0 Å². The molecule has 0 spiro atoms. The second-order valence-electron chi connectivity index (χ2n) is 9.70. The molecule has 3 aromatic carbocycles. The number of aromatic nitrogens is 4. The lowest BCUT2D eigenvalue weighted by Crippen LogP contribution is -2.28. The molecular weight excluding hydrogens is 516 g/mol. The van der Waals surface area contributed by atoms with Crippen LogP contribution in [0.15, 0.2) is 91.3 Å². The number of likely N-dealkylation sites (N-methyl/N-ethyl adjacent to an activating group) is 1. The Kier molecular flexibility index (Phi) is 6.16. The highest BCUT2D eigenvalue weighted by atomic mass is 16.5. The number of ether oxygens (including phenoxy) is 3. The normalized spacial score (nSPS) is 12.6. The molecule has 0 amide bonds. The second kappa shape index (κ2) is 10.3. The molecule has 7 rings (SSSR count). The van der Waals surface area contributed by atoms with Gasteiger partial charge in [-0.1, -0.05) is 30.3 Å². The zero-order valence-electron chi connectivity index (χ0n) is 22.5. The molecule has 9 nitrogen and oxygen atoms in total. The van der Waals surface area contributed by atoms with Crippen LogP contribution in [0.3, 0.4) is 0 Å². The van der Waals surface area contributed by atoms with E-state index in [9.17, 15) is 0 Å². The van der Waals surface area contributed by atoms with Crippen LogP contribution >= 0.6 is 0 Å². The minimum absolute atomic E-state index is 0.616. The Bertz CT molecular complexity index is 1890. The average Bonchev–Trinajstić information content (AvgIpc) is 3.02. The molecule has 0 saturated heterocycles. The molecule has 9 heteroatoms. The molecule has 41 heavy (non-hydrogen) atoms. The van der Waals surface area contributed by atoms with Gasteiger partial charge in [0.15, 0.2) is 11.6 Å². The van der Waals surface area contributed by atoms with Crippen molar-refractivity contribution in [1.29, 1.82) is 0 Å². The number of pyridine rings is 2. The van der Waals surface area contributed by atoms with Crippen molar-refractivity contribution >= 4 is 39.0 Å². The summed E-state index contributed by atoms with van der Waals surface area (Å²) in [6.07, 6.45) is 3.34. The third kappa shape index (κ3) is 4.67. The first-order valence-electron chi connectivity index (χ1n) is 13.2. The summed E-state index contributed by atoms with van der Waals surface area (Å²) in [5, 5.41) is 14.6. The van der Waals surface area contributed by atoms with Crippen LogP contribution in [0.25, 0.3) is 33.1 Å². The van der Waals surface area contributed by atoms with Gasteiger partial charge in [-0.3, -0.25) is 4.98 Å². The zero-order valence-corrected chi connectivity index (χ0v) is 22.5. The van der Waals surface area contributed by atoms with Crippen molar-refractivity contribution in [3.8, 4) is 34.3 Å². The minimum atomic E-state index is 0.616. The molecular formula is C32H26N6O3. The summed E-state index contributed by atoms with van der Waals surface area (Å²) in [5.41, 5.74) is 5.07. The Morgan fingerprint density at radius 1 is 0.878 bits per heavy atom. The third-order valence-corrected chi connectivity index (χ3v) is 7.11. The van der Waals surface area contributed by atoms with Crippen LogP contribution < -0.4 is 24.4 Å². The lowest BCUT2D eigenvalue weighted by molar-refractivity contribution is 0.311. The lowest BCUT2D eigenvalue weighted by Gasteiger charge is -2.28. The van der Waals surface area contributed by atoms with Crippen LogP contribution in [0.5, 0.6) is 23.0 Å². The van der Waals surface area contributed by atoms with Gasteiger partial charge in [-0.25, -0.2) is 4.98 Å². The Morgan fingerprint density at radius 3 is 2.59 bits per heavy atom. The number of anilines is 3. The van der Waals surface area contributed by atoms with Crippen molar-refractivity contribution in [2.75, 3.05) is 37.5 Å². The largest absolute Gasteiger partial charge is 0.495 e. The molecule has 4 heterocycles. The Balaban J connectivity index is 1.15. The standard InChI is InChI=1S/C32H26N6O3/c1-38-15-16-40-29-17-20(7-12-27(29)38)30-24-5-3-4-6-25(24)32(37-36-30)35-21-8-10-22(11-9-21)41-28-13-14-33-26-18-23(39-2)19-34-31(26)28/h3-14,17-19H,15-16H2,1-2H3,(H,35,37). The van der Waals surface area contributed by atoms with Crippen LogP contribution in [0, 0.1) is 0 Å². The van der Waals surface area contributed by atoms with Crippen molar-refractivity contribution in [2.24, 2.45) is 0 Å². The van der Waals surface area contributed by atoms with E-state index in [0.29, 0.717) is 40.7 Å². The van der Waals surface area contributed by atoms with Crippen molar-refractivity contribution in [3.05, 3.63) is 91.3 Å². The number of nitrogens with zero attached hydrogens (tertiary/aromatic N) is 5. The van der Waals surface area contributed by atoms with Crippen LogP contribution in [0.2, 0.25) is 0 Å². The maximum Gasteiger partial charge on any atom is 0.161 e. The third-order valence-electron chi connectivity index (χ3n) is 7.11. The molecule has 0 unspecified atom stereocenters. The number of hydrogen-bond acceptors (Lipinski definition) is 9. The molecule has 0 radical (unpaired) electrons. The molecule has 3 aromatic heterocycles. The fraction of sp³-hybridized carbons (Fsp3) is 0.125. The van der Waals surface area contributed by atoms with Crippen molar-refractivity contribution in [2.45, 2.75) is 0 Å². The SMILES string of the molecule is COc1cnc2c(Oc3ccc(Nc4nnc(-c5ccc6c(c5)OCCN6C)c5ccccc45)cc3)ccnc2c1. The van der Waals surface area contributed by atoms with E-state index in [1.54, 1.807) is 25.6 Å². The van der Waals surface area contributed by atoms with Crippen molar-refractivity contribution in [3.63, 3.8) is 0 Å². The van der Waals surface area contributed by atoms with E-state index in [-0.39, 0.29) is 0 Å². The van der Waals surface area contributed by atoms with E-state index in [1.165, 1.54) is 0 Å².